The number of anilines is 1. The molecule has 2 heterocycles. The number of hydrogen-bond donors (Lipinski definition) is 1. The van der Waals surface area contributed by atoms with Gasteiger partial charge in [-0.3, -0.25) is 9.69 Å². The summed E-state index contributed by atoms with van der Waals surface area (Å²) in [4.78, 5) is 27.1. The topological polar surface area (TPSA) is 90.2 Å². The van der Waals surface area contributed by atoms with Gasteiger partial charge in [-0.15, -0.1) is 11.3 Å². The Bertz CT molecular complexity index is 793. The van der Waals surface area contributed by atoms with Gasteiger partial charge in [-0.1, -0.05) is 0 Å². The Morgan fingerprint density at radius 3 is 2.41 bits per heavy atom. The molecule has 2 aromatic heterocycles. The van der Waals surface area contributed by atoms with Gasteiger partial charge in [-0.2, -0.15) is 0 Å². The zero-order valence-electron chi connectivity index (χ0n) is 17.3. The van der Waals surface area contributed by atoms with Crippen molar-refractivity contribution in [3.05, 3.63) is 28.8 Å². The van der Waals surface area contributed by atoms with Gasteiger partial charge >= 0.3 is 5.97 Å². The van der Waals surface area contributed by atoms with Crippen molar-refractivity contribution in [2.45, 2.75) is 13.8 Å². The van der Waals surface area contributed by atoms with Gasteiger partial charge in [-0.25, -0.2) is 4.79 Å². The van der Waals surface area contributed by atoms with E-state index in [0.717, 1.165) is 5.76 Å². The molecule has 8 nitrogen and oxygen atoms in total. The van der Waals surface area contributed by atoms with E-state index >= 15 is 0 Å². The first-order valence-corrected chi connectivity index (χ1v) is 10.2. The van der Waals surface area contributed by atoms with Gasteiger partial charge in [-0.05, 0) is 26.0 Å². The number of methoxy groups -OCH3 is 2. The number of carbonyl (C=O) groups excluding carboxylic acids is 2. The zero-order chi connectivity index (χ0) is 21.2. The maximum atomic E-state index is 12.6. The molecule has 9 heteroatoms. The largest absolute Gasteiger partial charge is 0.462 e. The Labute approximate surface area is 174 Å². The molecule has 0 fully saturated rings. The molecule has 0 atom stereocenters. The fourth-order valence-electron chi connectivity index (χ4n) is 2.70. The smallest absolute Gasteiger partial charge is 0.341 e. The summed E-state index contributed by atoms with van der Waals surface area (Å²) in [6, 6.07) is 3.62. The summed E-state index contributed by atoms with van der Waals surface area (Å²) < 4.78 is 21.1. The molecule has 0 saturated carbocycles. The van der Waals surface area contributed by atoms with Crippen LogP contribution in [0, 0.1) is 6.92 Å². The SMILES string of the molecule is CCOC(=O)c1c(-c2ccc(C)o2)csc1NC(=O)CN(CCOC)CCOC. The van der Waals surface area contributed by atoms with Crippen LogP contribution in [-0.4, -0.2) is 70.5 Å². The van der Waals surface area contributed by atoms with Gasteiger partial charge in [0, 0.05) is 38.3 Å². The molecule has 0 unspecified atom stereocenters. The third-order valence-corrected chi connectivity index (χ3v) is 5.02. The standard InChI is InChI=1S/C20H28N2O6S/c1-5-27-20(24)18-15(16-7-6-14(2)28-16)13-29-19(18)21-17(23)12-22(8-10-25-3)9-11-26-4/h6-7,13H,5,8-12H2,1-4H3,(H,21,23). The Kier molecular flexibility index (Phi) is 9.33. The average molecular weight is 425 g/mol. The van der Waals surface area contributed by atoms with E-state index in [2.05, 4.69) is 5.32 Å². The van der Waals surface area contributed by atoms with Crippen molar-refractivity contribution in [1.29, 1.82) is 0 Å². The molecule has 1 amide bonds. The minimum Gasteiger partial charge on any atom is -0.462 e. The van der Waals surface area contributed by atoms with Gasteiger partial charge in [0.2, 0.25) is 5.91 Å². The average Bonchev–Trinajstić information content (AvgIpc) is 3.30. The number of furan rings is 1. The summed E-state index contributed by atoms with van der Waals surface area (Å²) in [5, 5.41) is 5.07. The van der Waals surface area contributed by atoms with Crippen LogP contribution in [0.2, 0.25) is 0 Å². The number of amides is 1. The second-order valence-electron chi connectivity index (χ2n) is 6.29. The van der Waals surface area contributed by atoms with Crippen molar-refractivity contribution < 1.29 is 28.2 Å². The van der Waals surface area contributed by atoms with Crippen LogP contribution in [0.5, 0.6) is 0 Å². The van der Waals surface area contributed by atoms with Crippen LogP contribution in [0.1, 0.15) is 23.0 Å². The molecule has 0 spiro atoms. The summed E-state index contributed by atoms with van der Waals surface area (Å²) >= 11 is 1.26. The van der Waals surface area contributed by atoms with Crippen LogP contribution >= 0.6 is 11.3 Å². The summed E-state index contributed by atoms with van der Waals surface area (Å²) in [6.07, 6.45) is 0. The molecule has 0 aromatic carbocycles. The molecule has 0 bridgehead atoms. The van der Waals surface area contributed by atoms with Crippen molar-refractivity contribution in [3.63, 3.8) is 0 Å². The first-order valence-electron chi connectivity index (χ1n) is 9.35. The van der Waals surface area contributed by atoms with Crippen molar-refractivity contribution in [2.75, 3.05) is 59.0 Å². The summed E-state index contributed by atoms with van der Waals surface area (Å²) in [5.41, 5.74) is 0.910. The van der Waals surface area contributed by atoms with Gasteiger partial charge in [0.05, 0.1) is 26.4 Å². The zero-order valence-corrected chi connectivity index (χ0v) is 18.1. The lowest BCUT2D eigenvalue weighted by Crippen LogP contribution is -2.37. The fourth-order valence-corrected chi connectivity index (χ4v) is 3.65. The quantitative estimate of drug-likeness (QED) is 0.524. The van der Waals surface area contributed by atoms with E-state index in [1.54, 1.807) is 32.6 Å². The van der Waals surface area contributed by atoms with Crippen molar-refractivity contribution >= 4 is 28.2 Å². The van der Waals surface area contributed by atoms with Gasteiger partial charge < -0.3 is 23.9 Å². The first kappa shape index (κ1) is 23.1. The summed E-state index contributed by atoms with van der Waals surface area (Å²) in [6.45, 7) is 6.17. The minimum absolute atomic E-state index is 0.155. The molecule has 0 saturated heterocycles. The number of aryl methyl sites for hydroxylation is 1. The van der Waals surface area contributed by atoms with Gasteiger partial charge in [0.25, 0.3) is 0 Å². The molecular formula is C20H28N2O6S. The molecule has 2 aromatic rings. The lowest BCUT2D eigenvalue weighted by atomic mass is 10.1. The molecule has 0 aliphatic carbocycles. The van der Waals surface area contributed by atoms with Crippen molar-refractivity contribution in [3.8, 4) is 11.3 Å². The molecule has 160 valence electrons. The van der Waals surface area contributed by atoms with E-state index in [1.165, 1.54) is 11.3 Å². The number of nitrogens with zero attached hydrogens (tertiary/aromatic N) is 1. The summed E-state index contributed by atoms with van der Waals surface area (Å²) in [5.74, 6) is 0.568. The highest BCUT2D eigenvalue weighted by molar-refractivity contribution is 7.15. The van der Waals surface area contributed by atoms with Crippen LogP contribution in [0.3, 0.4) is 0 Å². The van der Waals surface area contributed by atoms with Crippen molar-refractivity contribution in [1.82, 2.24) is 4.90 Å². The molecular weight excluding hydrogens is 396 g/mol. The van der Waals surface area contributed by atoms with Crippen LogP contribution in [0.15, 0.2) is 21.9 Å². The van der Waals surface area contributed by atoms with Gasteiger partial charge in [0.1, 0.15) is 22.1 Å². The van der Waals surface area contributed by atoms with Crippen molar-refractivity contribution in [2.24, 2.45) is 0 Å². The lowest BCUT2D eigenvalue weighted by molar-refractivity contribution is -0.117. The van der Waals surface area contributed by atoms with Crippen LogP contribution in [0.4, 0.5) is 5.00 Å². The van der Waals surface area contributed by atoms with Crippen LogP contribution < -0.4 is 5.32 Å². The maximum absolute atomic E-state index is 12.6. The highest BCUT2D eigenvalue weighted by atomic mass is 32.1. The van der Waals surface area contributed by atoms with E-state index in [0.29, 0.717) is 48.2 Å². The minimum atomic E-state index is -0.497. The second kappa shape index (κ2) is 11.7. The van der Waals surface area contributed by atoms with E-state index in [9.17, 15) is 9.59 Å². The second-order valence-corrected chi connectivity index (χ2v) is 7.17. The third kappa shape index (κ3) is 6.67. The number of carbonyl (C=O) groups is 2. The Hall–Kier alpha value is -2.20. The van der Waals surface area contributed by atoms with Gasteiger partial charge in [0.15, 0.2) is 0 Å². The Balaban J connectivity index is 2.19. The third-order valence-electron chi connectivity index (χ3n) is 4.12. The maximum Gasteiger partial charge on any atom is 0.341 e. The number of ether oxygens (including phenoxy) is 3. The Morgan fingerprint density at radius 1 is 1.17 bits per heavy atom. The predicted octanol–water partition coefficient (Wildman–Crippen LogP) is 3.03. The number of thiophene rings is 1. The number of rotatable bonds is 12. The summed E-state index contributed by atoms with van der Waals surface area (Å²) in [7, 11) is 3.23. The number of hydrogen-bond acceptors (Lipinski definition) is 8. The van der Waals surface area contributed by atoms with E-state index < -0.39 is 5.97 Å². The molecule has 1 N–H and O–H groups in total. The van der Waals surface area contributed by atoms with Crippen LogP contribution in [0.25, 0.3) is 11.3 Å². The normalized spacial score (nSPS) is 11.1. The monoisotopic (exact) mass is 424 g/mol. The molecule has 2 rings (SSSR count). The molecule has 0 radical (unpaired) electrons. The number of nitrogens with one attached hydrogen (secondary N) is 1. The number of esters is 1. The van der Waals surface area contributed by atoms with Crippen LogP contribution in [-0.2, 0) is 19.0 Å². The first-order chi connectivity index (χ1) is 14.0. The van der Waals surface area contributed by atoms with E-state index in [4.69, 9.17) is 18.6 Å². The molecule has 0 aliphatic heterocycles. The van der Waals surface area contributed by atoms with E-state index in [-0.39, 0.29) is 19.1 Å². The fraction of sp³-hybridized carbons (Fsp3) is 0.500. The lowest BCUT2D eigenvalue weighted by Gasteiger charge is -2.20. The van der Waals surface area contributed by atoms with E-state index in [1.807, 2.05) is 17.9 Å². The molecule has 0 aliphatic rings. The Morgan fingerprint density at radius 2 is 1.86 bits per heavy atom. The molecule has 29 heavy (non-hydrogen) atoms. The predicted molar refractivity (Wildman–Crippen MR) is 112 cm³/mol. The highest BCUT2D eigenvalue weighted by Crippen LogP contribution is 2.37. The highest BCUT2D eigenvalue weighted by Gasteiger charge is 2.24.